The van der Waals surface area contributed by atoms with E-state index < -0.39 is 9.84 Å². The molecule has 23 heavy (non-hydrogen) atoms. The molecule has 0 aliphatic heterocycles. The molecule has 0 aliphatic rings. The van der Waals surface area contributed by atoms with E-state index in [1.165, 1.54) is 7.11 Å². The quantitative estimate of drug-likeness (QED) is 0.893. The first-order chi connectivity index (χ1) is 10.7. The van der Waals surface area contributed by atoms with Gasteiger partial charge < -0.3 is 10.1 Å². The van der Waals surface area contributed by atoms with Gasteiger partial charge in [-0.3, -0.25) is 0 Å². The van der Waals surface area contributed by atoms with Gasteiger partial charge >= 0.3 is 0 Å². The van der Waals surface area contributed by atoms with Crippen LogP contribution in [0.25, 0.3) is 0 Å². The summed E-state index contributed by atoms with van der Waals surface area (Å²) in [5.74, 6) is 0.740. The normalized spacial score (nSPS) is 12.7. The molecule has 0 aliphatic carbocycles. The van der Waals surface area contributed by atoms with Gasteiger partial charge in [-0.2, -0.15) is 5.10 Å². The molecule has 1 N–H and O–H groups in total. The van der Waals surface area contributed by atoms with Crippen LogP contribution in [-0.2, 0) is 9.84 Å². The van der Waals surface area contributed by atoms with Gasteiger partial charge in [-0.1, -0.05) is 6.07 Å². The van der Waals surface area contributed by atoms with Crippen LogP contribution in [-0.4, -0.2) is 37.0 Å². The smallest absolute Gasteiger partial charge is 0.243 e. The number of rotatable bonds is 5. The van der Waals surface area contributed by atoms with Crippen molar-refractivity contribution in [1.82, 2.24) is 15.2 Å². The molecule has 1 unspecified atom stereocenters. The van der Waals surface area contributed by atoms with Gasteiger partial charge in [0.15, 0.2) is 9.84 Å². The Morgan fingerprint density at radius 3 is 2.43 bits per heavy atom. The van der Waals surface area contributed by atoms with Gasteiger partial charge in [0.25, 0.3) is 0 Å². The lowest BCUT2D eigenvalue weighted by Gasteiger charge is -2.16. The van der Waals surface area contributed by atoms with E-state index in [1.807, 2.05) is 20.8 Å². The third-order valence-corrected chi connectivity index (χ3v) is 4.66. The van der Waals surface area contributed by atoms with Gasteiger partial charge in [-0.05, 0) is 38.5 Å². The first-order valence-corrected chi connectivity index (χ1v) is 8.94. The van der Waals surface area contributed by atoms with E-state index in [2.05, 4.69) is 20.5 Å². The summed E-state index contributed by atoms with van der Waals surface area (Å²) in [6.07, 6.45) is 1.15. The van der Waals surface area contributed by atoms with Crippen molar-refractivity contribution in [2.75, 3.05) is 18.7 Å². The van der Waals surface area contributed by atoms with Crippen molar-refractivity contribution in [2.45, 2.75) is 31.7 Å². The van der Waals surface area contributed by atoms with Crippen molar-refractivity contribution >= 4 is 15.8 Å². The van der Waals surface area contributed by atoms with Crippen LogP contribution in [0.2, 0.25) is 0 Å². The summed E-state index contributed by atoms with van der Waals surface area (Å²) < 4.78 is 28.7. The Balaban J connectivity index is 2.29. The molecule has 1 heterocycles. The minimum Gasteiger partial charge on any atom is -0.495 e. The SMILES string of the molecule is COc1cc(C(C)Nc2nnc(C)c(C)n2)ccc1S(C)(=O)=O. The largest absolute Gasteiger partial charge is 0.495 e. The van der Waals surface area contributed by atoms with Gasteiger partial charge in [-0.25, -0.2) is 13.4 Å². The highest BCUT2D eigenvalue weighted by molar-refractivity contribution is 7.90. The summed E-state index contributed by atoms with van der Waals surface area (Å²) in [4.78, 5) is 4.49. The zero-order valence-electron chi connectivity index (χ0n) is 13.8. The molecule has 0 saturated carbocycles. The van der Waals surface area contributed by atoms with Gasteiger partial charge in [-0.15, -0.1) is 5.10 Å². The lowest BCUT2D eigenvalue weighted by Crippen LogP contribution is -2.12. The standard InChI is InChI=1S/C15H20N4O3S/c1-9-10(2)18-19-15(16-9)17-11(3)12-6-7-14(23(5,20)21)13(8-12)22-4/h6-8,11H,1-5H3,(H,16,17,19). The molecule has 124 valence electrons. The summed E-state index contributed by atoms with van der Waals surface area (Å²) in [7, 11) is -1.89. The van der Waals surface area contributed by atoms with Crippen LogP contribution in [0.4, 0.5) is 5.95 Å². The van der Waals surface area contributed by atoms with E-state index in [0.29, 0.717) is 11.7 Å². The van der Waals surface area contributed by atoms with Crippen molar-refractivity contribution in [2.24, 2.45) is 0 Å². The van der Waals surface area contributed by atoms with Gasteiger partial charge in [0.2, 0.25) is 5.95 Å². The maximum absolute atomic E-state index is 11.7. The van der Waals surface area contributed by atoms with Gasteiger partial charge in [0, 0.05) is 6.26 Å². The van der Waals surface area contributed by atoms with Crippen molar-refractivity contribution in [3.05, 3.63) is 35.2 Å². The van der Waals surface area contributed by atoms with Crippen molar-refractivity contribution < 1.29 is 13.2 Å². The molecule has 0 spiro atoms. The molecule has 0 amide bonds. The molecule has 1 aromatic heterocycles. The Labute approximate surface area is 136 Å². The second-order valence-corrected chi connectivity index (χ2v) is 7.34. The second-order valence-electron chi connectivity index (χ2n) is 5.35. The molecule has 8 heteroatoms. The Morgan fingerprint density at radius 1 is 1.17 bits per heavy atom. The number of benzene rings is 1. The average Bonchev–Trinajstić information content (AvgIpc) is 2.49. The number of ether oxygens (including phenoxy) is 1. The highest BCUT2D eigenvalue weighted by Crippen LogP contribution is 2.28. The van der Waals surface area contributed by atoms with Crippen LogP contribution >= 0.6 is 0 Å². The van der Waals surface area contributed by atoms with Crippen molar-refractivity contribution in [1.29, 1.82) is 0 Å². The minimum atomic E-state index is -3.34. The Bertz CT molecular complexity index is 821. The molecule has 0 bridgehead atoms. The van der Waals surface area contributed by atoms with E-state index in [1.54, 1.807) is 18.2 Å². The van der Waals surface area contributed by atoms with Crippen LogP contribution in [0.5, 0.6) is 5.75 Å². The third kappa shape index (κ3) is 3.95. The molecule has 2 rings (SSSR count). The summed E-state index contributed by atoms with van der Waals surface area (Å²) in [6.45, 7) is 5.63. The molecule has 2 aromatic rings. The maximum atomic E-state index is 11.7. The number of anilines is 1. The Hall–Kier alpha value is -2.22. The average molecular weight is 336 g/mol. The number of nitrogens with zero attached hydrogens (tertiary/aromatic N) is 3. The zero-order chi connectivity index (χ0) is 17.2. The highest BCUT2D eigenvalue weighted by Gasteiger charge is 2.17. The monoisotopic (exact) mass is 336 g/mol. The second kappa shape index (κ2) is 6.49. The van der Waals surface area contributed by atoms with Crippen LogP contribution < -0.4 is 10.1 Å². The number of nitrogens with one attached hydrogen (secondary N) is 1. The van der Waals surface area contributed by atoms with Gasteiger partial charge in [0.05, 0.1) is 24.5 Å². The fraction of sp³-hybridized carbons (Fsp3) is 0.400. The number of aryl methyl sites for hydroxylation is 2. The number of sulfone groups is 1. The molecule has 0 fully saturated rings. The topological polar surface area (TPSA) is 94.1 Å². The van der Waals surface area contributed by atoms with Crippen LogP contribution in [0, 0.1) is 13.8 Å². The Kier molecular flexibility index (Phi) is 4.84. The van der Waals surface area contributed by atoms with E-state index in [-0.39, 0.29) is 10.9 Å². The molecule has 1 aromatic carbocycles. The van der Waals surface area contributed by atoms with Crippen molar-refractivity contribution in [3.8, 4) is 5.75 Å². The summed E-state index contributed by atoms with van der Waals surface area (Å²) >= 11 is 0. The van der Waals surface area contributed by atoms with E-state index in [4.69, 9.17) is 4.74 Å². The number of methoxy groups -OCH3 is 1. The summed E-state index contributed by atoms with van der Waals surface area (Å²) in [5.41, 5.74) is 2.44. The third-order valence-electron chi connectivity index (χ3n) is 3.52. The molecular formula is C15H20N4O3S. The lowest BCUT2D eigenvalue weighted by molar-refractivity contribution is 0.402. The lowest BCUT2D eigenvalue weighted by atomic mass is 10.1. The van der Waals surface area contributed by atoms with E-state index in [9.17, 15) is 8.42 Å². The molecule has 1 atom stereocenters. The van der Waals surface area contributed by atoms with E-state index in [0.717, 1.165) is 23.2 Å². The maximum Gasteiger partial charge on any atom is 0.243 e. The summed E-state index contributed by atoms with van der Waals surface area (Å²) in [5, 5.41) is 11.2. The first kappa shape index (κ1) is 17.1. The predicted octanol–water partition coefficient (Wildman–Crippen LogP) is 2.07. The summed E-state index contributed by atoms with van der Waals surface area (Å²) in [6, 6.07) is 4.84. The number of hydrogen-bond acceptors (Lipinski definition) is 7. The molecule has 0 saturated heterocycles. The number of hydrogen-bond donors (Lipinski definition) is 1. The van der Waals surface area contributed by atoms with Gasteiger partial charge in [0.1, 0.15) is 10.6 Å². The van der Waals surface area contributed by atoms with Crippen LogP contribution in [0.3, 0.4) is 0 Å². The molecular weight excluding hydrogens is 316 g/mol. The highest BCUT2D eigenvalue weighted by atomic mass is 32.2. The molecule has 7 nitrogen and oxygen atoms in total. The van der Waals surface area contributed by atoms with E-state index >= 15 is 0 Å². The Morgan fingerprint density at radius 2 is 1.87 bits per heavy atom. The fourth-order valence-electron chi connectivity index (χ4n) is 2.05. The molecule has 0 radical (unpaired) electrons. The van der Waals surface area contributed by atoms with Crippen LogP contribution in [0.15, 0.2) is 23.1 Å². The first-order valence-electron chi connectivity index (χ1n) is 7.05. The fourth-order valence-corrected chi connectivity index (χ4v) is 2.88. The minimum absolute atomic E-state index is 0.138. The zero-order valence-corrected chi connectivity index (χ0v) is 14.6. The number of aromatic nitrogens is 3. The van der Waals surface area contributed by atoms with Crippen LogP contribution in [0.1, 0.15) is 29.9 Å². The predicted molar refractivity (Wildman–Crippen MR) is 87.4 cm³/mol. The van der Waals surface area contributed by atoms with Crippen molar-refractivity contribution in [3.63, 3.8) is 0 Å².